The summed E-state index contributed by atoms with van der Waals surface area (Å²) in [6, 6.07) is 59.7. The summed E-state index contributed by atoms with van der Waals surface area (Å²) in [6.45, 7) is 6.95. The van der Waals surface area contributed by atoms with Gasteiger partial charge in [0, 0.05) is 10.1 Å². The molecule has 2 unspecified atom stereocenters. The Hall–Kier alpha value is -4.72. The highest BCUT2D eigenvalue weighted by Gasteiger charge is 2.72. The van der Waals surface area contributed by atoms with E-state index in [2.05, 4.69) is 178 Å². The summed E-state index contributed by atoms with van der Waals surface area (Å²) in [7, 11) is -1.56. The molecule has 6 aromatic rings. The van der Waals surface area contributed by atoms with Gasteiger partial charge in [-0.2, -0.15) is 0 Å². The summed E-state index contributed by atoms with van der Waals surface area (Å²) in [5.41, 5.74) is 15.4. The van der Waals surface area contributed by atoms with Crippen molar-refractivity contribution in [1.82, 2.24) is 0 Å². The molecule has 0 N–H and O–H groups in total. The maximum Gasteiger partial charge on any atom is 0.131 e. The minimum absolute atomic E-state index is 0.324. The van der Waals surface area contributed by atoms with E-state index in [4.69, 9.17) is 0 Å². The molecule has 44 heavy (non-hydrogen) atoms. The molecule has 8 rings (SSSR count). The standard InChI is InChI=1S/C43H35Si/c1-30-28-31(2)41(32(3)29-30)44-42(35-22-12-6-13-23-35)37-26-16-17-27-38(37)43(44,36-24-14-7-15-25-36)40(34-20-10-5-11-21-34)39(42)33-18-8-4-9-19-33/h4-29H,1-3H3. The van der Waals surface area contributed by atoms with Crippen molar-refractivity contribution in [1.29, 1.82) is 0 Å². The maximum atomic E-state index is 2.45. The molecular weight excluding hydrogens is 545 g/mol. The number of aryl methyl sites for hydroxylation is 3. The van der Waals surface area contributed by atoms with Gasteiger partial charge in [-0.05, 0) is 65.3 Å². The Morgan fingerprint density at radius 3 is 1.14 bits per heavy atom. The topological polar surface area (TPSA) is 0 Å². The van der Waals surface area contributed by atoms with Gasteiger partial charge >= 0.3 is 0 Å². The Kier molecular flexibility index (Phi) is 6.22. The van der Waals surface area contributed by atoms with Gasteiger partial charge < -0.3 is 0 Å². The van der Waals surface area contributed by atoms with Crippen LogP contribution in [-0.2, 0) is 10.1 Å². The average Bonchev–Trinajstić information content (AvgIpc) is 3.49. The van der Waals surface area contributed by atoms with E-state index in [1.165, 1.54) is 61.2 Å². The molecule has 0 saturated heterocycles. The fourth-order valence-corrected chi connectivity index (χ4v) is 13.9. The Morgan fingerprint density at radius 2 is 0.750 bits per heavy atom. The number of hydrogen-bond acceptors (Lipinski definition) is 0. The fourth-order valence-electron chi connectivity index (χ4n) is 8.73. The molecule has 0 spiro atoms. The lowest BCUT2D eigenvalue weighted by Crippen LogP contribution is -2.57. The highest BCUT2D eigenvalue weighted by molar-refractivity contribution is 6.88. The molecular formula is C43H35Si. The molecule has 2 atom stereocenters. The van der Waals surface area contributed by atoms with E-state index in [9.17, 15) is 0 Å². The first-order chi connectivity index (χ1) is 21.6. The minimum Gasteiger partial charge on any atom is -0.0622 e. The molecule has 2 bridgehead atoms. The predicted octanol–water partition coefficient (Wildman–Crippen LogP) is 9.30. The molecule has 2 aliphatic rings. The molecule has 211 valence electrons. The number of allylic oxidation sites excluding steroid dienone is 2. The zero-order valence-corrected chi connectivity index (χ0v) is 26.5. The maximum absolute atomic E-state index is 2.45. The first kappa shape index (κ1) is 26.9. The number of benzene rings is 6. The van der Waals surface area contributed by atoms with E-state index < -0.39 is 8.80 Å². The monoisotopic (exact) mass is 579 g/mol. The van der Waals surface area contributed by atoms with Gasteiger partial charge in [-0.15, -0.1) is 0 Å². The molecule has 0 amide bonds. The van der Waals surface area contributed by atoms with E-state index in [0.29, 0.717) is 0 Å². The Labute approximate surface area is 263 Å². The molecule has 1 radical (unpaired) electrons. The van der Waals surface area contributed by atoms with Crippen LogP contribution in [0.4, 0.5) is 0 Å². The van der Waals surface area contributed by atoms with Crippen molar-refractivity contribution >= 4 is 25.1 Å². The van der Waals surface area contributed by atoms with Crippen LogP contribution in [-0.4, -0.2) is 8.80 Å². The second-order valence-corrected chi connectivity index (χ2v) is 15.2. The van der Waals surface area contributed by atoms with Crippen LogP contribution in [0.15, 0.2) is 158 Å². The smallest absolute Gasteiger partial charge is 0.0622 e. The second-order valence-electron chi connectivity index (χ2n) is 12.4. The largest absolute Gasteiger partial charge is 0.131 e. The number of rotatable bonds is 5. The normalized spacial score (nSPS) is 20.6. The van der Waals surface area contributed by atoms with Crippen LogP contribution in [0.2, 0.25) is 0 Å². The van der Waals surface area contributed by atoms with Gasteiger partial charge in [-0.1, -0.05) is 180 Å². The van der Waals surface area contributed by atoms with Crippen LogP contribution in [0.1, 0.15) is 50.1 Å². The van der Waals surface area contributed by atoms with Crippen molar-refractivity contribution in [3.05, 3.63) is 208 Å². The fraction of sp³-hybridized carbons (Fsp3) is 0.116. The average molecular weight is 580 g/mol. The zero-order valence-electron chi connectivity index (χ0n) is 25.5. The van der Waals surface area contributed by atoms with Gasteiger partial charge in [0.15, 0.2) is 0 Å². The van der Waals surface area contributed by atoms with Crippen LogP contribution >= 0.6 is 0 Å². The van der Waals surface area contributed by atoms with E-state index >= 15 is 0 Å². The zero-order chi connectivity index (χ0) is 29.9. The van der Waals surface area contributed by atoms with E-state index in [0.717, 1.165) is 0 Å². The third-order valence-electron chi connectivity index (χ3n) is 9.95. The van der Waals surface area contributed by atoms with Crippen LogP contribution in [0.5, 0.6) is 0 Å². The molecule has 0 fully saturated rings. The molecule has 1 heteroatoms. The second kappa shape index (κ2) is 10.2. The predicted molar refractivity (Wildman–Crippen MR) is 187 cm³/mol. The lowest BCUT2D eigenvalue weighted by atomic mass is 9.65. The van der Waals surface area contributed by atoms with Crippen LogP contribution < -0.4 is 5.19 Å². The Bertz CT molecular complexity index is 1880. The summed E-state index contributed by atoms with van der Waals surface area (Å²) in [6.07, 6.45) is 0. The Morgan fingerprint density at radius 1 is 0.409 bits per heavy atom. The lowest BCUT2D eigenvalue weighted by molar-refractivity contribution is 0.915. The molecule has 2 heterocycles. The van der Waals surface area contributed by atoms with Gasteiger partial charge in [0.2, 0.25) is 0 Å². The Balaban J connectivity index is 1.68. The van der Waals surface area contributed by atoms with Gasteiger partial charge in [0.25, 0.3) is 0 Å². The minimum atomic E-state index is -1.56. The van der Waals surface area contributed by atoms with Gasteiger partial charge in [-0.3, -0.25) is 0 Å². The molecule has 2 aliphatic heterocycles. The number of fused-ring (bicyclic) bond motifs is 5. The van der Waals surface area contributed by atoms with Gasteiger partial charge in [-0.25, -0.2) is 0 Å². The molecule has 6 aromatic carbocycles. The van der Waals surface area contributed by atoms with E-state index in [1.807, 2.05) is 0 Å². The molecule has 0 aliphatic carbocycles. The number of hydrogen-bond donors (Lipinski definition) is 0. The molecule has 0 aromatic heterocycles. The summed E-state index contributed by atoms with van der Waals surface area (Å²) in [5, 5.41) is 0.912. The third-order valence-corrected chi connectivity index (χ3v) is 14.4. The van der Waals surface area contributed by atoms with Crippen LogP contribution in [0.25, 0.3) is 11.1 Å². The summed E-state index contributed by atoms with van der Waals surface area (Å²) in [5.74, 6) is 0. The van der Waals surface area contributed by atoms with Crippen molar-refractivity contribution < 1.29 is 0 Å². The molecule has 0 nitrogen and oxygen atoms in total. The first-order valence-electron chi connectivity index (χ1n) is 15.6. The lowest BCUT2D eigenvalue weighted by Gasteiger charge is -2.39. The van der Waals surface area contributed by atoms with Crippen molar-refractivity contribution in [2.45, 2.75) is 30.8 Å². The SMILES string of the molecule is Cc1cc(C)c([Si]2C3(c4ccccc4)C(c4ccccc4)=C(c4ccccc4)C2(c2ccccc2)c2ccccc23)c(C)c1. The van der Waals surface area contributed by atoms with Crippen LogP contribution in [0, 0.1) is 20.8 Å². The van der Waals surface area contributed by atoms with E-state index in [-0.39, 0.29) is 10.1 Å². The van der Waals surface area contributed by atoms with Crippen molar-refractivity contribution in [3.63, 3.8) is 0 Å². The quantitative estimate of drug-likeness (QED) is 0.179. The summed E-state index contributed by atoms with van der Waals surface area (Å²) < 4.78 is 0. The van der Waals surface area contributed by atoms with Crippen LogP contribution in [0.3, 0.4) is 0 Å². The van der Waals surface area contributed by atoms with E-state index in [1.54, 1.807) is 5.19 Å². The third kappa shape index (κ3) is 3.51. The van der Waals surface area contributed by atoms with Crippen molar-refractivity contribution in [3.8, 4) is 0 Å². The molecule has 0 saturated carbocycles. The first-order valence-corrected chi connectivity index (χ1v) is 17.1. The van der Waals surface area contributed by atoms with Gasteiger partial charge in [0.05, 0.1) is 0 Å². The highest BCUT2D eigenvalue weighted by Crippen LogP contribution is 2.71. The van der Waals surface area contributed by atoms with Crippen molar-refractivity contribution in [2.75, 3.05) is 0 Å². The van der Waals surface area contributed by atoms with Gasteiger partial charge in [0.1, 0.15) is 8.80 Å². The summed E-state index contributed by atoms with van der Waals surface area (Å²) in [4.78, 5) is 0. The highest BCUT2D eigenvalue weighted by atomic mass is 28.3. The summed E-state index contributed by atoms with van der Waals surface area (Å²) >= 11 is 0. The van der Waals surface area contributed by atoms with Crippen molar-refractivity contribution in [2.24, 2.45) is 0 Å².